The Balaban J connectivity index is 4.15. The van der Waals surface area contributed by atoms with Crippen LogP contribution in [-0.4, -0.2) is 30.3 Å². The summed E-state index contributed by atoms with van der Waals surface area (Å²) in [5, 5.41) is 8.79. The molecule has 0 aliphatic rings. The molecule has 0 radical (unpaired) electrons. The van der Waals surface area contributed by atoms with Crippen molar-refractivity contribution in [1.82, 2.24) is 0 Å². The van der Waals surface area contributed by atoms with Gasteiger partial charge in [-0.15, -0.1) is 22.2 Å². The predicted octanol–water partition coefficient (Wildman–Crippen LogP) is 3.19. The molecular weight excluding hydrogens is 263 g/mol. The first-order chi connectivity index (χ1) is 6.07. The molecule has 0 rings (SSSR count). The van der Waals surface area contributed by atoms with Crippen LogP contribution in [0.2, 0.25) is 12.6 Å². The van der Waals surface area contributed by atoms with Gasteiger partial charge in [-0.2, -0.15) is 8.78 Å². The van der Waals surface area contributed by atoms with Gasteiger partial charge in [0.2, 0.25) is 6.69 Å². The summed E-state index contributed by atoms with van der Waals surface area (Å²) >= 11 is 11.1. The van der Waals surface area contributed by atoms with E-state index in [1.807, 2.05) is 0 Å². The average molecular weight is 273 g/mol. The lowest BCUT2D eigenvalue weighted by molar-refractivity contribution is -0.191. The Hall–Kier alpha value is 0.477. The van der Waals surface area contributed by atoms with E-state index in [1.165, 1.54) is 6.55 Å². The van der Waals surface area contributed by atoms with Crippen molar-refractivity contribution in [3.63, 3.8) is 0 Å². The van der Waals surface area contributed by atoms with Crippen LogP contribution >= 0.6 is 22.2 Å². The molecule has 0 bridgehead atoms. The highest BCUT2D eigenvalue weighted by molar-refractivity contribution is 7.44. The second kappa shape index (κ2) is 5.00. The molecule has 1 unspecified atom stereocenters. The van der Waals surface area contributed by atoms with Crippen LogP contribution in [0.3, 0.4) is 0 Å². The van der Waals surface area contributed by atoms with E-state index in [9.17, 15) is 17.6 Å². The Labute approximate surface area is 89.4 Å². The van der Waals surface area contributed by atoms with Crippen LogP contribution in [0.4, 0.5) is 17.6 Å². The molecule has 0 spiro atoms. The highest BCUT2D eigenvalue weighted by Crippen LogP contribution is 2.32. The summed E-state index contributed by atoms with van der Waals surface area (Å²) in [5.74, 6) is -4.40. The molecule has 1 nitrogen and oxygen atoms in total. The first-order valence-corrected chi connectivity index (χ1v) is 8.52. The summed E-state index contributed by atoms with van der Waals surface area (Å²) < 4.78 is 48.3. The maximum Gasteiger partial charge on any atom is 0.332 e. The predicted molar refractivity (Wildman–Crippen MR) is 49.7 cm³/mol. The Bertz CT molecular complexity index is 185. The normalized spacial score (nSPS) is 16.1. The van der Waals surface area contributed by atoms with Crippen LogP contribution in [0.1, 0.15) is 6.42 Å². The van der Waals surface area contributed by atoms with Crippen LogP contribution < -0.4 is 0 Å². The molecule has 86 valence electrons. The minimum Gasteiger partial charge on any atom is -0.387 e. The Morgan fingerprint density at radius 3 is 2.07 bits per heavy atom. The number of alkyl halides is 4. The molecule has 0 saturated carbocycles. The average Bonchev–Trinajstić information content (AvgIpc) is 1.98. The van der Waals surface area contributed by atoms with Gasteiger partial charge in [0.05, 0.1) is 0 Å². The smallest absolute Gasteiger partial charge is 0.332 e. The number of hydrogen-bond acceptors (Lipinski definition) is 1. The van der Waals surface area contributed by atoms with Crippen molar-refractivity contribution in [3.8, 4) is 0 Å². The minimum absolute atomic E-state index is 0.0560. The monoisotopic (exact) mass is 272 g/mol. The molecule has 0 aromatic carbocycles. The summed E-state index contributed by atoms with van der Waals surface area (Å²) in [5.41, 5.74) is 0. The van der Waals surface area contributed by atoms with Gasteiger partial charge in [0.15, 0.2) is 0 Å². The number of aliphatic hydroxyl groups excluding tert-OH is 1. The molecule has 0 heterocycles. The zero-order chi connectivity index (χ0) is 11.6. The van der Waals surface area contributed by atoms with Crippen LogP contribution in [0.5, 0.6) is 0 Å². The van der Waals surface area contributed by atoms with E-state index in [1.54, 1.807) is 0 Å². The number of halogens is 6. The summed E-state index contributed by atoms with van der Waals surface area (Å²) in [6, 6.07) is -0.0560. The molecule has 1 atom stereocenters. The molecule has 1 N–H and O–H groups in total. The Morgan fingerprint density at radius 2 is 1.79 bits per heavy atom. The highest BCUT2D eigenvalue weighted by atomic mass is 35.7. The lowest BCUT2D eigenvalue weighted by Crippen LogP contribution is -2.41. The van der Waals surface area contributed by atoms with Crippen molar-refractivity contribution in [2.45, 2.75) is 37.5 Å². The van der Waals surface area contributed by atoms with Crippen molar-refractivity contribution >= 4 is 28.9 Å². The molecule has 8 heteroatoms. The summed E-state index contributed by atoms with van der Waals surface area (Å²) in [7, 11) is 0. The van der Waals surface area contributed by atoms with E-state index in [2.05, 4.69) is 0 Å². The van der Waals surface area contributed by atoms with Gasteiger partial charge in [0, 0.05) is 0 Å². The third-order valence-corrected chi connectivity index (χ3v) is 3.89. The van der Waals surface area contributed by atoms with Crippen molar-refractivity contribution in [1.29, 1.82) is 0 Å². The van der Waals surface area contributed by atoms with Crippen molar-refractivity contribution in [2.75, 3.05) is 0 Å². The quantitative estimate of drug-likeness (QED) is 0.463. The molecule has 14 heavy (non-hydrogen) atoms. The highest BCUT2D eigenvalue weighted by Gasteiger charge is 2.48. The van der Waals surface area contributed by atoms with Gasteiger partial charge in [-0.25, -0.2) is 8.78 Å². The second-order valence-electron chi connectivity index (χ2n) is 3.10. The van der Waals surface area contributed by atoms with Crippen molar-refractivity contribution in [2.24, 2.45) is 0 Å². The van der Waals surface area contributed by atoms with E-state index >= 15 is 0 Å². The van der Waals surface area contributed by atoms with E-state index < -0.39 is 31.6 Å². The standard InChI is InChI=1S/C6H10Cl2F4OSi/c1-14(7,8)3-2-4(13)6(11,12)5(9)10/h4-5,13H,2-3H2,1H3. The van der Waals surface area contributed by atoms with Gasteiger partial charge in [0.25, 0.3) is 0 Å². The summed E-state index contributed by atoms with van der Waals surface area (Å²) in [6.07, 6.45) is -6.80. The van der Waals surface area contributed by atoms with E-state index in [0.717, 1.165) is 0 Å². The lowest BCUT2D eigenvalue weighted by atomic mass is 10.1. The SMILES string of the molecule is C[Si](Cl)(Cl)CCC(O)C(F)(F)C(F)F. The molecule has 0 aromatic heterocycles. The van der Waals surface area contributed by atoms with Gasteiger partial charge >= 0.3 is 12.3 Å². The molecule has 0 aliphatic heterocycles. The largest absolute Gasteiger partial charge is 0.387 e. The summed E-state index contributed by atoms with van der Waals surface area (Å²) in [6.45, 7) is -1.17. The van der Waals surface area contributed by atoms with Crippen LogP contribution in [0.25, 0.3) is 0 Å². The number of aliphatic hydroxyl groups is 1. The van der Waals surface area contributed by atoms with Gasteiger partial charge in [-0.05, 0) is 19.0 Å². The Kier molecular flexibility index (Phi) is 5.17. The first kappa shape index (κ1) is 14.5. The van der Waals surface area contributed by atoms with Crippen LogP contribution in [-0.2, 0) is 0 Å². The lowest BCUT2D eigenvalue weighted by Gasteiger charge is -2.22. The molecular formula is C6H10Cl2F4OSi. The molecule has 0 amide bonds. The first-order valence-electron chi connectivity index (χ1n) is 3.79. The molecule has 0 aliphatic carbocycles. The van der Waals surface area contributed by atoms with Crippen molar-refractivity contribution < 1.29 is 22.7 Å². The number of rotatable bonds is 5. The van der Waals surface area contributed by atoms with Gasteiger partial charge in [-0.3, -0.25) is 0 Å². The van der Waals surface area contributed by atoms with E-state index in [-0.39, 0.29) is 6.04 Å². The number of hydrogen-bond donors (Lipinski definition) is 1. The van der Waals surface area contributed by atoms with Gasteiger partial charge < -0.3 is 5.11 Å². The van der Waals surface area contributed by atoms with Gasteiger partial charge in [0.1, 0.15) is 6.10 Å². The molecule has 0 saturated heterocycles. The summed E-state index contributed by atoms with van der Waals surface area (Å²) in [4.78, 5) is 0. The zero-order valence-electron chi connectivity index (χ0n) is 7.28. The van der Waals surface area contributed by atoms with E-state index in [0.29, 0.717) is 0 Å². The second-order valence-corrected chi connectivity index (χ2v) is 11.3. The van der Waals surface area contributed by atoms with Crippen LogP contribution in [0, 0.1) is 0 Å². The fraction of sp³-hybridized carbons (Fsp3) is 1.00. The maximum atomic E-state index is 12.4. The third-order valence-electron chi connectivity index (χ3n) is 1.59. The molecule has 0 aromatic rings. The third kappa shape index (κ3) is 4.81. The maximum absolute atomic E-state index is 12.4. The molecule has 0 fully saturated rings. The van der Waals surface area contributed by atoms with Crippen LogP contribution in [0.15, 0.2) is 0 Å². The topological polar surface area (TPSA) is 20.2 Å². The zero-order valence-corrected chi connectivity index (χ0v) is 9.80. The fourth-order valence-corrected chi connectivity index (χ4v) is 2.16. The fourth-order valence-electron chi connectivity index (χ4n) is 0.728. The Morgan fingerprint density at radius 1 is 1.36 bits per heavy atom. The van der Waals surface area contributed by atoms with E-state index in [4.69, 9.17) is 27.3 Å². The van der Waals surface area contributed by atoms with Crippen molar-refractivity contribution in [3.05, 3.63) is 0 Å². The van der Waals surface area contributed by atoms with Gasteiger partial charge in [-0.1, -0.05) is 0 Å². The minimum atomic E-state index is -4.40.